The van der Waals surface area contributed by atoms with Crippen molar-refractivity contribution in [1.82, 2.24) is 0 Å². The lowest BCUT2D eigenvalue weighted by Gasteiger charge is -2.33. The SMILES string of the molecule is O=C1CSC2(C(=O)N(Cc3ccccc3Cl)c3ccccc32)N1c1ccccc1. The van der Waals surface area contributed by atoms with Crippen molar-refractivity contribution in [2.75, 3.05) is 15.6 Å². The lowest BCUT2D eigenvalue weighted by molar-refractivity contribution is -0.123. The van der Waals surface area contributed by atoms with E-state index < -0.39 is 4.87 Å². The lowest BCUT2D eigenvalue weighted by Crippen LogP contribution is -2.49. The molecule has 1 fully saturated rings. The minimum absolute atomic E-state index is 0.0658. The zero-order valence-electron chi connectivity index (χ0n) is 15.4. The summed E-state index contributed by atoms with van der Waals surface area (Å²) in [5, 5.41) is 0.619. The van der Waals surface area contributed by atoms with Crippen molar-refractivity contribution in [3.05, 3.63) is 95.0 Å². The summed E-state index contributed by atoms with van der Waals surface area (Å²) in [6.07, 6.45) is 0. The molecule has 0 aromatic heterocycles. The number of carbonyl (C=O) groups is 2. The van der Waals surface area contributed by atoms with Gasteiger partial charge in [-0.25, -0.2) is 0 Å². The molecule has 0 bridgehead atoms. The number of anilines is 2. The number of hydrogen-bond donors (Lipinski definition) is 0. The van der Waals surface area contributed by atoms with E-state index in [4.69, 9.17) is 11.6 Å². The third-order valence-electron chi connectivity index (χ3n) is 5.36. The molecule has 0 aliphatic carbocycles. The molecule has 0 radical (unpaired) electrons. The number of rotatable bonds is 3. The summed E-state index contributed by atoms with van der Waals surface area (Å²) in [5.41, 5.74) is 3.26. The quantitative estimate of drug-likeness (QED) is 0.610. The number of para-hydroxylation sites is 2. The summed E-state index contributed by atoms with van der Waals surface area (Å²) in [4.78, 5) is 29.1. The molecular weight excluding hydrogens is 404 g/mol. The number of carbonyl (C=O) groups excluding carboxylic acids is 2. The monoisotopic (exact) mass is 420 g/mol. The Morgan fingerprint density at radius 1 is 0.897 bits per heavy atom. The molecule has 4 nitrogen and oxygen atoms in total. The maximum Gasteiger partial charge on any atom is 0.269 e. The molecule has 0 N–H and O–H groups in total. The van der Waals surface area contributed by atoms with Gasteiger partial charge in [-0.05, 0) is 29.8 Å². The van der Waals surface area contributed by atoms with Crippen LogP contribution in [0.4, 0.5) is 11.4 Å². The van der Waals surface area contributed by atoms with E-state index in [9.17, 15) is 9.59 Å². The Bertz CT molecular complexity index is 1120. The highest BCUT2D eigenvalue weighted by Gasteiger charge is 2.60. The third-order valence-corrected chi connectivity index (χ3v) is 7.12. The summed E-state index contributed by atoms with van der Waals surface area (Å²) in [7, 11) is 0. The molecule has 6 heteroatoms. The molecule has 1 spiro atoms. The van der Waals surface area contributed by atoms with Gasteiger partial charge in [0.2, 0.25) is 10.8 Å². The summed E-state index contributed by atoms with van der Waals surface area (Å²) < 4.78 is 0. The zero-order valence-corrected chi connectivity index (χ0v) is 17.0. The predicted molar refractivity (Wildman–Crippen MR) is 117 cm³/mol. The van der Waals surface area contributed by atoms with E-state index >= 15 is 0 Å². The van der Waals surface area contributed by atoms with Crippen LogP contribution in [0.25, 0.3) is 0 Å². The first kappa shape index (κ1) is 18.3. The highest BCUT2D eigenvalue weighted by Crippen LogP contribution is 2.55. The third kappa shape index (κ3) is 2.69. The number of amides is 2. The van der Waals surface area contributed by atoms with Crippen LogP contribution < -0.4 is 9.80 Å². The molecule has 144 valence electrons. The van der Waals surface area contributed by atoms with Crippen LogP contribution in [0.5, 0.6) is 0 Å². The normalized spacial score (nSPS) is 20.6. The topological polar surface area (TPSA) is 40.6 Å². The molecule has 1 unspecified atom stereocenters. The second kappa shape index (κ2) is 6.94. The van der Waals surface area contributed by atoms with Gasteiger partial charge in [-0.3, -0.25) is 14.5 Å². The van der Waals surface area contributed by atoms with Crippen molar-refractivity contribution in [2.45, 2.75) is 11.4 Å². The molecule has 3 aromatic rings. The molecule has 2 aliphatic rings. The first-order valence-corrected chi connectivity index (χ1v) is 10.7. The van der Waals surface area contributed by atoms with Crippen LogP contribution in [0.15, 0.2) is 78.9 Å². The fourth-order valence-electron chi connectivity index (χ4n) is 4.09. The average Bonchev–Trinajstić information content (AvgIpc) is 3.21. The number of nitrogens with zero attached hydrogens (tertiary/aromatic N) is 2. The standard InChI is InChI=1S/C23H17ClN2O2S/c24-19-12-6-4-8-16(19)14-25-20-13-7-5-11-18(20)23(22(25)28)26(21(27)15-29-23)17-9-2-1-3-10-17/h1-13H,14-15H2. The molecule has 2 aliphatic heterocycles. The van der Waals surface area contributed by atoms with Crippen LogP contribution >= 0.6 is 23.4 Å². The summed E-state index contributed by atoms with van der Waals surface area (Å²) in [6, 6.07) is 24.6. The highest BCUT2D eigenvalue weighted by molar-refractivity contribution is 8.02. The van der Waals surface area contributed by atoms with Gasteiger partial charge >= 0.3 is 0 Å². The van der Waals surface area contributed by atoms with Crippen LogP contribution in [-0.4, -0.2) is 17.6 Å². The van der Waals surface area contributed by atoms with Crippen molar-refractivity contribution in [2.24, 2.45) is 0 Å². The molecule has 3 aromatic carbocycles. The van der Waals surface area contributed by atoms with Gasteiger partial charge in [-0.1, -0.05) is 66.2 Å². The van der Waals surface area contributed by atoms with Crippen molar-refractivity contribution >= 4 is 46.6 Å². The fourth-order valence-corrected chi connectivity index (χ4v) is 5.64. The van der Waals surface area contributed by atoms with Gasteiger partial charge in [0.05, 0.1) is 18.0 Å². The Labute approximate surface area is 178 Å². The molecule has 0 saturated carbocycles. The Kier molecular flexibility index (Phi) is 4.37. The smallest absolute Gasteiger partial charge is 0.269 e. The average molecular weight is 421 g/mol. The molecule has 2 heterocycles. The van der Waals surface area contributed by atoms with E-state index in [1.54, 1.807) is 9.80 Å². The number of hydrogen-bond acceptors (Lipinski definition) is 3. The van der Waals surface area contributed by atoms with Gasteiger partial charge < -0.3 is 4.90 Å². The van der Waals surface area contributed by atoms with Crippen molar-refractivity contribution < 1.29 is 9.59 Å². The van der Waals surface area contributed by atoms with E-state index in [1.807, 2.05) is 78.9 Å². The van der Waals surface area contributed by atoms with Gasteiger partial charge in [-0.2, -0.15) is 0 Å². The van der Waals surface area contributed by atoms with Gasteiger partial charge in [0.1, 0.15) is 0 Å². The van der Waals surface area contributed by atoms with Crippen LogP contribution in [0.1, 0.15) is 11.1 Å². The number of benzene rings is 3. The van der Waals surface area contributed by atoms with Crippen LogP contribution in [0.2, 0.25) is 5.02 Å². The van der Waals surface area contributed by atoms with E-state index in [0.29, 0.717) is 11.6 Å². The van der Waals surface area contributed by atoms with Gasteiger partial charge in [-0.15, -0.1) is 11.8 Å². The summed E-state index contributed by atoms with van der Waals surface area (Å²) in [5.74, 6) is 0.0804. The molecular formula is C23H17ClN2O2S. The maximum atomic E-state index is 13.9. The zero-order chi connectivity index (χ0) is 20.0. The van der Waals surface area contributed by atoms with E-state index in [0.717, 1.165) is 22.5 Å². The summed E-state index contributed by atoms with van der Waals surface area (Å²) >= 11 is 7.75. The largest absolute Gasteiger partial charge is 0.304 e. The number of halogens is 1. The maximum absolute atomic E-state index is 13.9. The molecule has 29 heavy (non-hydrogen) atoms. The first-order chi connectivity index (χ1) is 14.1. The van der Waals surface area contributed by atoms with Crippen molar-refractivity contribution in [3.63, 3.8) is 0 Å². The second-order valence-electron chi connectivity index (χ2n) is 7.00. The highest BCUT2D eigenvalue weighted by atomic mass is 35.5. The van der Waals surface area contributed by atoms with Crippen LogP contribution in [-0.2, 0) is 21.0 Å². The molecule has 1 atom stereocenters. The molecule has 5 rings (SSSR count). The Hall–Kier alpha value is -2.76. The van der Waals surface area contributed by atoms with E-state index in [1.165, 1.54) is 11.8 Å². The van der Waals surface area contributed by atoms with Gasteiger partial charge in [0, 0.05) is 16.3 Å². The Morgan fingerprint density at radius 2 is 1.59 bits per heavy atom. The first-order valence-electron chi connectivity index (χ1n) is 9.30. The van der Waals surface area contributed by atoms with Crippen molar-refractivity contribution in [3.8, 4) is 0 Å². The minimum Gasteiger partial charge on any atom is -0.304 e. The lowest BCUT2D eigenvalue weighted by atomic mass is 10.0. The fraction of sp³-hybridized carbons (Fsp3) is 0.130. The summed E-state index contributed by atoms with van der Waals surface area (Å²) in [6.45, 7) is 0.356. The minimum atomic E-state index is -1.09. The number of fused-ring (bicyclic) bond motifs is 2. The van der Waals surface area contributed by atoms with Crippen LogP contribution in [0, 0.1) is 0 Å². The number of thioether (sulfide) groups is 1. The second-order valence-corrected chi connectivity index (χ2v) is 8.57. The van der Waals surface area contributed by atoms with E-state index in [2.05, 4.69) is 0 Å². The van der Waals surface area contributed by atoms with E-state index in [-0.39, 0.29) is 17.6 Å². The predicted octanol–water partition coefficient (Wildman–Crippen LogP) is 4.82. The Morgan fingerprint density at radius 3 is 2.38 bits per heavy atom. The molecule has 2 amide bonds. The Balaban J connectivity index is 1.66. The van der Waals surface area contributed by atoms with Gasteiger partial charge in [0.25, 0.3) is 5.91 Å². The van der Waals surface area contributed by atoms with Gasteiger partial charge in [0.15, 0.2) is 0 Å². The molecule has 1 saturated heterocycles. The van der Waals surface area contributed by atoms with Crippen LogP contribution in [0.3, 0.4) is 0 Å². The van der Waals surface area contributed by atoms with Crippen molar-refractivity contribution in [1.29, 1.82) is 0 Å².